The fourth-order valence-corrected chi connectivity index (χ4v) is 4.38. The largest absolute Gasteiger partial charge is 0.354 e. The Morgan fingerprint density at radius 2 is 1.91 bits per heavy atom. The maximum absolute atomic E-state index is 14.1. The van der Waals surface area contributed by atoms with Crippen LogP contribution < -0.4 is 10.9 Å². The summed E-state index contributed by atoms with van der Waals surface area (Å²) >= 11 is 1.34. The van der Waals surface area contributed by atoms with Crippen molar-refractivity contribution in [3.05, 3.63) is 70.3 Å². The first-order valence-corrected chi connectivity index (χ1v) is 11.5. The van der Waals surface area contributed by atoms with Crippen LogP contribution >= 0.6 is 11.8 Å². The third-order valence-electron chi connectivity index (χ3n) is 5.38. The van der Waals surface area contributed by atoms with Gasteiger partial charge in [0.15, 0.2) is 5.16 Å². The fraction of sp³-hybridized carbons (Fsp3) is 0.304. The lowest BCUT2D eigenvalue weighted by atomic mass is 10.2. The van der Waals surface area contributed by atoms with E-state index in [1.807, 2.05) is 26.0 Å². The summed E-state index contributed by atoms with van der Waals surface area (Å²) in [6.07, 6.45) is 0.988. The molecule has 2 heterocycles. The molecule has 0 radical (unpaired) electrons. The molecule has 2 aromatic heterocycles. The normalized spacial score (nSPS) is 12.3. The van der Waals surface area contributed by atoms with Gasteiger partial charge in [-0.25, -0.2) is 4.39 Å². The molecule has 0 aliphatic carbocycles. The van der Waals surface area contributed by atoms with E-state index in [0.29, 0.717) is 33.2 Å². The van der Waals surface area contributed by atoms with E-state index >= 15 is 0 Å². The Labute approximate surface area is 188 Å². The highest BCUT2D eigenvalue weighted by atomic mass is 32.2. The van der Waals surface area contributed by atoms with E-state index in [9.17, 15) is 14.0 Å². The standard InChI is InChI=1S/C23H24FN5O2S/c1-3-15(2)25-20(30)12-13-28-21(31)17-9-5-7-11-19(17)29-22(28)26-27-23(29)32-14-16-8-4-6-10-18(16)24/h4-11,15H,3,12-14H2,1-2H3,(H,25,30). The maximum Gasteiger partial charge on any atom is 0.262 e. The minimum atomic E-state index is -0.275. The van der Waals surface area contributed by atoms with Gasteiger partial charge in [-0.1, -0.05) is 49.0 Å². The molecule has 166 valence electrons. The van der Waals surface area contributed by atoms with Gasteiger partial charge in [0.25, 0.3) is 5.56 Å². The van der Waals surface area contributed by atoms with Crippen LogP contribution in [0.25, 0.3) is 16.7 Å². The van der Waals surface area contributed by atoms with Gasteiger partial charge in [0.1, 0.15) is 5.82 Å². The smallest absolute Gasteiger partial charge is 0.262 e. The summed E-state index contributed by atoms with van der Waals surface area (Å²) in [5.74, 6) is 0.341. The molecule has 7 nitrogen and oxygen atoms in total. The highest BCUT2D eigenvalue weighted by Crippen LogP contribution is 2.25. The first-order valence-electron chi connectivity index (χ1n) is 10.5. The quantitative estimate of drug-likeness (QED) is 0.411. The van der Waals surface area contributed by atoms with E-state index < -0.39 is 0 Å². The van der Waals surface area contributed by atoms with Crippen LogP contribution in [0.4, 0.5) is 4.39 Å². The third-order valence-corrected chi connectivity index (χ3v) is 6.35. The van der Waals surface area contributed by atoms with Crippen LogP contribution in [-0.4, -0.2) is 31.1 Å². The van der Waals surface area contributed by atoms with Gasteiger partial charge in [0, 0.05) is 24.8 Å². The number of para-hydroxylation sites is 1. The fourth-order valence-electron chi connectivity index (χ4n) is 3.45. The number of hydrogen-bond acceptors (Lipinski definition) is 5. The number of carbonyl (C=O) groups is 1. The summed E-state index contributed by atoms with van der Waals surface area (Å²) in [7, 11) is 0. The number of aryl methyl sites for hydroxylation is 1. The van der Waals surface area contributed by atoms with Gasteiger partial charge in [-0.2, -0.15) is 0 Å². The molecular weight excluding hydrogens is 429 g/mol. The molecule has 0 aliphatic rings. The first-order chi connectivity index (χ1) is 15.5. The van der Waals surface area contributed by atoms with Gasteiger partial charge in [-0.05, 0) is 37.1 Å². The van der Waals surface area contributed by atoms with E-state index in [4.69, 9.17) is 0 Å². The summed E-state index contributed by atoms with van der Waals surface area (Å²) in [4.78, 5) is 25.4. The SMILES string of the molecule is CCC(C)NC(=O)CCn1c(=O)c2ccccc2n2c(SCc3ccccc3F)nnc12. The molecule has 1 amide bonds. The molecule has 2 aromatic carbocycles. The van der Waals surface area contributed by atoms with Gasteiger partial charge in [-0.3, -0.25) is 18.6 Å². The van der Waals surface area contributed by atoms with Crippen LogP contribution in [0.2, 0.25) is 0 Å². The van der Waals surface area contributed by atoms with Crippen LogP contribution in [0.5, 0.6) is 0 Å². The minimum absolute atomic E-state index is 0.0744. The number of amides is 1. The summed E-state index contributed by atoms with van der Waals surface area (Å²) in [5, 5.41) is 12.5. The number of thioether (sulfide) groups is 1. The Hall–Kier alpha value is -3.20. The number of rotatable bonds is 8. The van der Waals surface area contributed by atoms with Crippen LogP contribution in [-0.2, 0) is 17.1 Å². The number of aromatic nitrogens is 4. The average molecular weight is 454 g/mol. The number of fused-ring (bicyclic) bond motifs is 3. The molecule has 32 heavy (non-hydrogen) atoms. The maximum atomic E-state index is 14.1. The lowest BCUT2D eigenvalue weighted by Crippen LogP contribution is -2.33. The Morgan fingerprint density at radius 3 is 2.69 bits per heavy atom. The number of nitrogens with one attached hydrogen (secondary N) is 1. The second-order valence-corrected chi connectivity index (χ2v) is 8.54. The van der Waals surface area contributed by atoms with Crippen molar-refractivity contribution >= 4 is 34.3 Å². The Balaban J connectivity index is 1.71. The van der Waals surface area contributed by atoms with Crippen molar-refractivity contribution in [2.45, 2.75) is 50.2 Å². The highest BCUT2D eigenvalue weighted by molar-refractivity contribution is 7.98. The molecule has 0 aliphatic heterocycles. The molecule has 1 unspecified atom stereocenters. The first kappa shape index (κ1) is 22.0. The lowest BCUT2D eigenvalue weighted by Gasteiger charge is -2.13. The Morgan fingerprint density at radius 1 is 1.16 bits per heavy atom. The monoisotopic (exact) mass is 453 g/mol. The summed E-state index contributed by atoms with van der Waals surface area (Å²) in [6.45, 7) is 4.13. The van der Waals surface area contributed by atoms with Crippen molar-refractivity contribution in [1.82, 2.24) is 24.5 Å². The zero-order valence-electron chi connectivity index (χ0n) is 17.9. The molecule has 4 rings (SSSR count). The molecular formula is C23H24FN5O2S. The van der Waals surface area contributed by atoms with Crippen LogP contribution in [0.15, 0.2) is 58.5 Å². The lowest BCUT2D eigenvalue weighted by molar-refractivity contribution is -0.121. The van der Waals surface area contributed by atoms with Gasteiger partial charge in [0.05, 0.1) is 10.9 Å². The number of carbonyl (C=O) groups excluding carboxylic acids is 1. The van der Waals surface area contributed by atoms with Crippen molar-refractivity contribution in [3.63, 3.8) is 0 Å². The van der Waals surface area contributed by atoms with Gasteiger partial charge in [0.2, 0.25) is 11.7 Å². The molecule has 9 heteroatoms. The van der Waals surface area contributed by atoms with Gasteiger partial charge >= 0.3 is 0 Å². The van der Waals surface area contributed by atoms with E-state index in [-0.39, 0.29) is 36.3 Å². The predicted molar refractivity (Wildman–Crippen MR) is 123 cm³/mol. The van der Waals surface area contributed by atoms with Crippen molar-refractivity contribution in [1.29, 1.82) is 0 Å². The van der Waals surface area contributed by atoms with Gasteiger partial charge < -0.3 is 5.32 Å². The zero-order chi connectivity index (χ0) is 22.7. The second-order valence-electron chi connectivity index (χ2n) is 7.60. The minimum Gasteiger partial charge on any atom is -0.354 e. The molecule has 4 aromatic rings. The van der Waals surface area contributed by atoms with Crippen LogP contribution in [0.1, 0.15) is 32.3 Å². The molecule has 0 spiro atoms. The summed E-state index contributed by atoms with van der Waals surface area (Å²) in [5.41, 5.74) is 1.02. The van der Waals surface area contributed by atoms with E-state index in [2.05, 4.69) is 15.5 Å². The average Bonchev–Trinajstić information content (AvgIpc) is 3.22. The van der Waals surface area contributed by atoms with Crippen molar-refractivity contribution in [3.8, 4) is 0 Å². The van der Waals surface area contributed by atoms with Crippen LogP contribution in [0.3, 0.4) is 0 Å². The molecule has 1 N–H and O–H groups in total. The number of hydrogen-bond donors (Lipinski definition) is 1. The summed E-state index contributed by atoms with van der Waals surface area (Å²) < 4.78 is 17.3. The molecule has 0 fully saturated rings. The predicted octanol–water partition coefficient (Wildman–Crippen LogP) is 3.78. The van der Waals surface area contributed by atoms with Crippen molar-refractivity contribution in [2.24, 2.45) is 0 Å². The molecule has 0 bridgehead atoms. The Bertz CT molecular complexity index is 1330. The number of benzene rings is 2. The van der Waals surface area contributed by atoms with Crippen molar-refractivity contribution in [2.75, 3.05) is 0 Å². The number of nitrogens with zero attached hydrogens (tertiary/aromatic N) is 4. The highest BCUT2D eigenvalue weighted by Gasteiger charge is 2.18. The third kappa shape index (κ3) is 4.38. The second kappa shape index (κ2) is 9.52. The Kier molecular flexibility index (Phi) is 6.55. The van der Waals surface area contributed by atoms with E-state index in [1.54, 1.807) is 34.7 Å². The van der Waals surface area contributed by atoms with E-state index in [1.165, 1.54) is 22.4 Å². The van der Waals surface area contributed by atoms with Crippen molar-refractivity contribution < 1.29 is 9.18 Å². The topological polar surface area (TPSA) is 81.3 Å². The molecule has 0 saturated heterocycles. The zero-order valence-corrected chi connectivity index (χ0v) is 18.7. The van der Waals surface area contributed by atoms with Crippen LogP contribution in [0, 0.1) is 5.82 Å². The molecule has 0 saturated carbocycles. The van der Waals surface area contributed by atoms with E-state index in [0.717, 1.165) is 6.42 Å². The molecule has 1 atom stereocenters. The number of halogens is 1. The van der Waals surface area contributed by atoms with Gasteiger partial charge in [-0.15, -0.1) is 10.2 Å². The summed E-state index contributed by atoms with van der Waals surface area (Å²) in [6, 6.07) is 13.9.